The second-order valence-corrected chi connectivity index (χ2v) is 9.51. The molecule has 0 atom stereocenters. The Balaban J connectivity index is 1.25. The molecule has 4 bridgehead atoms. The zero-order valence-electron chi connectivity index (χ0n) is 16.6. The number of carbonyl (C=O) groups is 2. The lowest BCUT2D eigenvalue weighted by Gasteiger charge is -2.56. The first-order valence-electron chi connectivity index (χ1n) is 10.5. The number of amides is 2. The van der Waals surface area contributed by atoms with E-state index in [2.05, 4.69) is 15.8 Å². The largest absolute Gasteiger partial charge is 0.276 e. The van der Waals surface area contributed by atoms with Crippen LogP contribution in [0.3, 0.4) is 0 Å². The number of nitrogens with zero attached hydrogens (tertiary/aromatic N) is 2. The Morgan fingerprint density at radius 3 is 2.41 bits per heavy atom. The Kier molecular flexibility index (Phi) is 4.22. The van der Waals surface area contributed by atoms with E-state index < -0.39 is 11.5 Å². The second kappa shape index (κ2) is 6.68. The summed E-state index contributed by atoms with van der Waals surface area (Å²) in [5, 5.41) is 0. The van der Waals surface area contributed by atoms with Crippen LogP contribution in [-0.4, -0.2) is 21.2 Å². The fourth-order valence-electron chi connectivity index (χ4n) is 6.42. The summed E-state index contributed by atoms with van der Waals surface area (Å²) < 4.78 is 1.35. The minimum atomic E-state index is -0.641. The zero-order chi connectivity index (χ0) is 20.2. The van der Waals surface area contributed by atoms with Crippen LogP contribution in [-0.2, 0) is 4.79 Å². The average Bonchev–Trinajstić information content (AvgIpc) is 2.65. The summed E-state index contributed by atoms with van der Waals surface area (Å²) in [4.78, 5) is 41.8. The molecular formula is C22H26N4O3. The van der Waals surface area contributed by atoms with Gasteiger partial charge in [-0.05, 0) is 80.2 Å². The minimum Gasteiger partial charge on any atom is -0.273 e. The van der Waals surface area contributed by atoms with Crippen molar-refractivity contribution in [2.75, 3.05) is 0 Å². The van der Waals surface area contributed by atoms with Crippen molar-refractivity contribution < 1.29 is 9.59 Å². The van der Waals surface area contributed by atoms with Gasteiger partial charge in [-0.15, -0.1) is 0 Å². The zero-order valence-corrected chi connectivity index (χ0v) is 16.6. The lowest BCUT2D eigenvalue weighted by atomic mass is 9.49. The van der Waals surface area contributed by atoms with Crippen molar-refractivity contribution in [2.45, 2.75) is 51.9 Å². The van der Waals surface area contributed by atoms with Crippen LogP contribution in [0.15, 0.2) is 29.3 Å². The third kappa shape index (κ3) is 3.32. The number of hydrazine groups is 1. The lowest BCUT2D eigenvalue weighted by Crippen LogP contribution is -2.50. The van der Waals surface area contributed by atoms with Crippen molar-refractivity contribution in [3.63, 3.8) is 0 Å². The highest BCUT2D eigenvalue weighted by Crippen LogP contribution is 2.61. The molecule has 4 fully saturated rings. The number of aromatic nitrogens is 2. The van der Waals surface area contributed by atoms with Gasteiger partial charge in [-0.2, -0.15) is 0 Å². The maximum Gasteiger partial charge on any atom is 0.276 e. The molecule has 0 unspecified atom stereocenters. The van der Waals surface area contributed by atoms with Gasteiger partial charge in [0.25, 0.3) is 11.5 Å². The van der Waals surface area contributed by atoms with Gasteiger partial charge in [0, 0.05) is 18.8 Å². The van der Waals surface area contributed by atoms with Gasteiger partial charge in [0.2, 0.25) is 5.91 Å². The molecule has 2 amide bonds. The number of fused-ring (bicyclic) bond motifs is 1. The fourth-order valence-corrected chi connectivity index (χ4v) is 6.42. The summed E-state index contributed by atoms with van der Waals surface area (Å²) in [5.41, 5.74) is 5.86. The van der Waals surface area contributed by atoms with Crippen molar-refractivity contribution in [3.05, 3.63) is 46.0 Å². The predicted octanol–water partition coefficient (Wildman–Crippen LogP) is 2.37. The van der Waals surface area contributed by atoms with Gasteiger partial charge in [-0.3, -0.25) is 29.6 Å². The lowest BCUT2D eigenvalue weighted by molar-refractivity contribution is -0.130. The normalized spacial score (nSPS) is 29.8. The summed E-state index contributed by atoms with van der Waals surface area (Å²) in [5.74, 6) is 1.50. The molecule has 2 aromatic rings. The molecule has 0 aliphatic heterocycles. The maximum atomic E-state index is 12.6. The van der Waals surface area contributed by atoms with Crippen LogP contribution in [0, 0.1) is 30.1 Å². The van der Waals surface area contributed by atoms with E-state index in [0.29, 0.717) is 12.1 Å². The van der Waals surface area contributed by atoms with E-state index in [9.17, 15) is 14.4 Å². The van der Waals surface area contributed by atoms with Gasteiger partial charge in [0.1, 0.15) is 11.2 Å². The van der Waals surface area contributed by atoms with E-state index in [4.69, 9.17) is 0 Å². The van der Waals surface area contributed by atoms with E-state index >= 15 is 0 Å². The van der Waals surface area contributed by atoms with E-state index in [1.807, 2.05) is 13.0 Å². The van der Waals surface area contributed by atoms with Gasteiger partial charge in [0.05, 0.1) is 0 Å². The molecule has 4 aliphatic rings. The molecule has 0 spiro atoms. The topological polar surface area (TPSA) is 92.6 Å². The third-order valence-electron chi connectivity index (χ3n) is 7.11. The van der Waals surface area contributed by atoms with E-state index in [1.165, 1.54) is 29.9 Å². The number of pyridine rings is 1. The average molecular weight is 394 g/mol. The summed E-state index contributed by atoms with van der Waals surface area (Å²) in [6, 6.07) is 3.58. The van der Waals surface area contributed by atoms with Crippen molar-refractivity contribution in [1.82, 2.24) is 20.2 Å². The van der Waals surface area contributed by atoms with E-state index in [1.54, 1.807) is 12.3 Å². The number of hydrogen-bond donors (Lipinski definition) is 2. The van der Waals surface area contributed by atoms with Gasteiger partial charge in [0.15, 0.2) is 0 Å². The molecular weight excluding hydrogens is 368 g/mol. The number of nitrogens with one attached hydrogen (secondary N) is 2. The van der Waals surface area contributed by atoms with Crippen LogP contribution >= 0.6 is 0 Å². The highest BCUT2D eigenvalue weighted by Gasteiger charge is 2.51. The Morgan fingerprint density at radius 2 is 1.76 bits per heavy atom. The molecule has 2 heterocycles. The summed E-state index contributed by atoms with van der Waals surface area (Å²) in [7, 11) is 0. The van der Waals surface area contributed by atoms with Crippen molar-refractivity contribution in [3.8, 4) is 0 Å². The molecule has 2 aromatic heterocycles. The van der Waals surface area contributed by atoms with Crippen molar-refractivity contribution in [1.29, 1.82) is 0 Å². The molecule has 29 heavy (non-hydrogen) atoms. The Bertz CT molecular complexity index is 1020. The Hall–Kier alpha value is -2.70. The molecule has 0 radical (unpaired) electrons. The summed E-state index contributed by atoms with van der Waals surface area (Å²) in [6.07, 6.45) is 10.7. The standard InChI is InChI=1S/C22H26N4O3/c1-13-2-3-18-23-11-17(21(29)26(18)12-13)20(28)25-24-19(27)10-22-7-14-4-15(8-22)6-16(5-14)9-22/h2-3,11-12,14-16H,4-10H2,1H3,(H,24,27)(H,25,28). The van der Waals surface area contributed by atoms with Crippen molar-refractivity contribution >= 4 is 17.5 Å². The molecule has 7 heteroatoms. The van der Waals surface area contributed by atoms with E-state index in [-0.39, 0.29) is 16.9 Å². The summed E-state index contributed by atoms with van der Waals surface area (Å²) >= 11 is 0. The van der Waals surface area contributed by atoms with Crippen LogP contribution in [0.5, 0.6) is 0 Å². The molecule has 0 saturated heterocycles. The van der Waals surface area contributed by atoms with Gasteiger partial charge < -0.3 is 0 Å². The first-order chi connectivity index (χ1) is 13.9. The maximum absolute atomic E-state index is 12.6. The molecule has 0 aromatic carbocycles. The van der Waals surface area contributed by atoms with Crippen LogP contribution in [0.2, 0.25) is 0 Å². The molecule has 2 N–H and O–H groups in total. The predicted molar refractivity (Wildman–Crippen MR) is 107 cm³/mol. The van der Waals surface area contributed by atoms with Crippen LogP contribution in [0.4, 0.5) is 0 Å². The van der Waals surface area contributed by atoms with Gasteiger partial charge >= 0.3 is 0 Å². The molecule has 6 rings (SSSR count). The molecule has 7 nitrogen and oxygen atoms in total. The van der Waals surface area contributed by atoms with E-state index in [0.717, 1.165) is 42.6 Å². The first kappa shape index (κ1) is 18.3. The summed E-state index contributed by atoms with van der Waals surface area (Å²) in [6.45, 7) is 1.86. The first-order valence-corrected chi connectivity index (χ1v) is 10.5. The van der Waals surface area contributed by atoms with Crippen LogP contribution in [0.1, 0.15) is 60.9 Å². The second-order valence-electron chi connectivity index (χ2n) is 9.51. The smallest absolute Gasteiger partial charge is 0.273 e. The van der Waals surface area contributed by atoms with Crippen LogP contribution in [0.25, 0.3) is 5.65 Å². The number of aryl methyl sites for hydroxylation is 1. The minimum absolute atomic E-state index is 0.0943. The quantitative estimate of drug-likeness (QED) is 0.782. The monoisotopic (exact) mass is 394 g/mol. The highest BCUT2D eigenvalue weighted by molar-refractivity contribution is 5.95. The Morgan fingerprint density at radius 1 is 1.10 bits per heavy atom. The van der Waals surface area contributed by atoms with Gasteiger partial charge in [-0.1, -0.05) is 6.07 Å². The number of hydrogen-bond acceptors (Lipinski definition) is 4. The highest BCUT2D eigenvalue weighted by atomic mass is 16.2. The molecule has 4 saturated carbocycles. The van der Waals surface area contributed by atoms with Crippen LogP contribution < -0.4 is 16.4 Å². The van der Waals surface area contributed by atoms with Crippen molar-refractivity contribution in [2.24, 2.45) is 23.2 Å². The fraction of sp³-hybridized carbons (Fsp3) is 0.545. The SMILES string of the molecule is Cc1ccc2ncc(C(=O)NNC(=O)CC34CC5CC(CC(C5)C3)C4)c(=O)n2c1. The molecule has 4 aliphatic carbocycles. The number of rotatable bonds is 3. The molecule has 152 valence electrons. The van der Waals surface area contributed by atoms with Gasteiger partial charge in [-0.25, -0.2) is 4.98 Å². The third-order valence-corrected chi connectivity index (χ3v) is 7.11. The number of carbonyl (C=O) groups excluding carboxylic acids is 2. The Labute approximate surface area is 168 Å².